The molecule has 6 nitrogen and oxygen atoms in total. The van der Waals surface area contributed by atoms with Crippen LogP contribution in [-0.4, -0.2) is 20.4 Å². The Morgan fingerprint density at radius 1 is 1.40 bits per heavy atom. The lowest BCUT2D eigenvalue weighted by atomic mass is 10.3. The topological polar surface area (TPSA) is 89.3 Å². The van der Waals surface area contributed by atoms with E-state index in [0.29, 0.717) is 4.47 Å². The van der Waals surface area contributed by atoms with Gasteiger partial charge < -0.3 is 0 Å². The van der Waals surface area contributed by atoms with Crippen LogP contribution >= 0.6 is 15.9 Å². The summed E-state index contributed by atoms with van der Waals surface area (Å²) < 4.78 is 25.2. The molecule has 0 saturated carbocycles. The van der Waals surface area contributed by atoms with Crippen molar-refractivity contribution in [2.24, 2.45) is 0 Å². The summed E-state index contributed by atoms with van der Waals surface area (Å²) in [6, 6.07) is 3.52. The zero-order chi connectivity index (χ0) is 11.6. The minimum Gasteiger partial charge on any atom is -0.258 e. The molecule has 82 valence electrons. The number of nitrogens with zero attached hydrogens (tertiary/aromatic N) is 1. The lowest BCUT2D eigenvalue weighted by molar-refractivity contribution is -0.385. The van der Waals surface area contributed by atoms with Gasteiger partial charge in [0.15, 0.2) is 0 Å². The molecule has 0 heterocycles. The van der Waals surface area contributed by atoms with Crippen molar-refractivity contribution in [1.29, 1.82) is 0 Å². The number of hydrogen-bond donors (Lipinski definition) is 1. The Morgan fingerprint density at radius 3 is 2.47 bits per heavy atom. The number of hydrogen-bond acceptors (Lipinski definition) is 4. The fourth-order valence-electron chi connectivity index (χ4n) is 0.926. The number of nitro benzene ring substituents is 1. The Labute approximate surface area is 94.6 Å². The van der Waals surface area contributed by atoms with Crippen LogP contribution in [-0.2, 0) is 10.0 Å². The maximum atomic E-state index is 11.4. The lowest BCUT2D eigenvalue weighted by Crippen LogP contribution is -2.18. The molecule has 0 aliphatic heterocycles. The normalized spacial score (nSPS) is 11.3. The van der Waals surface area contributed by atoms with Crippen LogP contribution in [0.2, 0.25) is 0 Å². The molecule has 0 radical (unpaired) electrons. The Hall–Kier alpha value is -0.990. The summed E-state index contributed by atoms with van der Waals surface area (Å²) in [6.07, 6.45) is 0. The monoisotopic (exact) mass is 294 g/mol. The third-order valence-corrected chi connectivity index (χ3v) is 3.50. The molecule has 0 aliphatic carbocycles. The third-order valence-electron chi connectivity index (χ3n) is 1.65. The first-order chi connectivity index (χ1) is 6.86. The smallest absolute Gasteiger partial charge is 0.258 e. The predicted octanol–water partition coefficient (Wildman–Crippen LogP) is 1.27. The molecule has 0 amide bonds. The number of halogens is 1. The largest absolute Gasteiger partial charge is 0.271 e. The number of nitro groups is 1. The molecular weight excluding hydrogens is 288 g/mol. The van der Waals surface area contributed by atoms with Crippen LogP contribution < -0.4 is 4.72 Å². The van der Waals surface area contributed by atoms with Crippen molar-refractivity contribution < 1.29 is 13.3 Å². The van der Waals surface area contributed by atoms with Crippen molar-refractivity contribution in [1.82, 2.24) is 4.72 Å². The van der Waals surface area contributed by atoms with E-state index in [9.17, 15) is 18.5 Å². The number of benzene rings is 1. The van der Waals surface area contributed by atoms with Crippen LogP contribution in [0, 0.1) is 10.1 Å². The van der Waals surface area contributed by atoms with Crippen LogP contribution in [0.5, 0.6) is 0 Å². The Balaban J connectivity index is 3.40. The Morgan fingerprint density at radius 2 is 2.00 bits per heavy atom. The molecule has 0 spiro atoms. The van der Waals surface area contributed by atoms with E-state index in [1.807, 2.05) is 0 Å². The highest BCUT2D eigenvalue weighted by atomic mass is 79.9. The fraction of sp³-hybridized carbons (Fsp3) is 0.143. The van der Waals surface area contributed by atoms with Gasteiger partial charge >= 0.3 is 0 Å². The predicted molar refractivity (Wildman–Crippen MR) is 57.0 cm³/mol. The zero-order valence-corrected chi connectivity index (χ0v) is 10.0. The molecule has 15 heavy (non-hydrogen) atoms. The molecule has 0 aliphatic rings. The van der Waals surface area contributed by atoms with Crippen molar-refractivity contribution in [3.05, 3.63) is 32.8 Å². The molecule has 1 aromatic carbocycles. The standard InChI is InChI=1S/C7H7BrN2O4S/c1-9-15(13,14)7-3-5(8)2-6(4-7)10(11)12/h2-4,9H,1H3. The number of rotatable bonds is 3. The summed E-state index contributed by atoms with van der Waals surface area (Å²) in [7, 11) is -2.42. The molecule has 0 aromatic heterocycles. The van der Waals surface area contributed by atoms with Gasteiger partial charge in [-0.05, 0) is 13.1 Å². The van der Waals surface area contributed by atoms with E-state index < -0.39 is 14.9 Å². The first-order valence-corrected chi connectivity index (χ1v) is 6.03. The van der Waals surface area contributed by atoms with E-state index in [0.717, 1.165) is 6.07 Å². The molecule has 0 fully saturated rings. The van der Waals surface area contributed by atoms with E-state index in [1.54, 1.807) is 0 Å². The second kappa shape index (κ2) is 4.25. The minimum absolute atomic E-state index is 0.147. The summed E-state index contributed by atoms with van der Waals surface area (Å²) >= 11 is 3.01. The first-order valence-electron chi connectivity index (χ1n) is 3.75. The van der Waals surface area contributed by atoms with Gasteiger partial charge in [0.2, 0.25) is 10.0 Å². The molecule has 1 rings (SSSR count). The van der Waals surface area contributed by atoms with Crippen LogP contribution in [0.3, 0.4) is 0 Å². The molecule has 1 N–H and O–H groups in total. The summed E-state index contributed by atoms with van der Waals surface area (Å²) in [6.45, 7) is 0. The maximum absolute atomic E-state index is 11.4. The van der Waals surface area contributed by atoms with Crippen LogP contribution in [0.15, 0.2) is 27.6 Å². The molecule has 0 saturated heterocycles. The minimum atomic E-state index is -3.66. The van der Waals surface area contributed by atoms with Gasteiger partial charge in [-0.3, -0.25) is 10.1 Å². The highest BCUT2D eigenvalue weighted by Crippen LogP contribution is 2.23. The molecule has 0 unspecified atom stereocenters. The summed E-state index contributed by atoms with van der Waals surface area (Å²) in [5, 5.41) is 10.5. The van der Waals surface area contributed by atoms with E-state index in [4.69, 9.17) is 0 Å². The van der Waals surface area contributed by atoms with Gasteiger partial charge in [-0.15, -0.1) is 0 Å². The van der Waals surface area contributed by atoms with E-state index in [-0.39, 0.29) is 10.6 Å². The Bertz CT molecular complexity index is 500. The van der Waals surface area contributed by atoms with Gasteiger partial charge in [-0.25, -0.2) is 13.1 Å². The van der Waals surface area contributed by atoms with E-state index in [2.05, 4.69) is 20.7 Å². The second-order valence-electron chi connectivity index (χ2n) is 2.61. The molecule has 0 atom stereocenters. The van der Waals surface area contributed by atoms with E-state index in [1.165, 1.54) is 19.2 Å². The number of nitrogens with one attached hydrogen (secondary N) is 1. The van der Waals surface area contributed by atoms with E-state index >= 15 is 0 Å². The molecule has 1 aromatic rings. The van der Waals surface area contributed by atoms with Crippen molar-refractivity contribution in [2.45, 2.75) is 4.90 Å². The van der Waals surface area contributed by atoms with Gasteiger partial charge in [0.1, 0.15) is 0 Å². The lowest BCUT2D eigenvalue weighted by Gasteiger charge is -2.02. The highest BCUT2D eigenvalue weighted by molar-refractivity contribution is 9.10. The van der Waals surface area contributed by atoms with Gasteiger partial charge in [0.25, 0.3) is 5.69 Å². The summed E-state index contributed by atoms with van der Waals surface area (Å²) in [4.78, 5) is 9.69. The fourth-order valence-corrected chi connectivity index (χ4v) is 2.35. The van der Waals surface area contributed by atoms with Gasteiger partial charge in [-0.2, -0.15) is 0 Å². The molecule has 0 bridgehead atoms. The Kier molecular flexibility index (Phi) is 3.42. The second-order valence-corrected chi connectivity index (χ2v) is 5.41. The van der Waals surface area contributed by atoms with Crippen LogP contribution in [0.1, 0.15) is 0 Å². The SMILES string of the molecule is CNS(=O)(=O)c1cc(Br)cc([N+](=O)[O-])c1. The summed E-state index contributed by atoms with van der Waals surface area (Å²) in [5.74, 6) is 0. The van der Waals surface area contributed by atoms with Gasteiger partial charge in [0.05, 0.1) is 9.82 Å². The highest BCUT2D eigenvalue weighted by Gasteiger charge is 2.17. The number of non-ortho nitro benzene ring substituents is 1. The van der Waals surface area contributed by atoms with Crippen molar-refractivity contribution in [3.8, 4) is 0 Å². The average Bonchev–Trinajstić information content (AvgIpc) is 2.16. The first kappa shape index (κ1) is 12.1. The molecular formula is C7H7BrN2O4S. The zero-order valence-electron chi connectivity index (χ0n) is 7.60. The molecule has 8 heteroatoms. The van der Waals surface area contributed by atoms with Gasteiger partial charge in [0, 0.05) is 16.6 Å². The van der Waals surface area contributed by atoms with Crippen molar-refractivity contribution >= 4 is 31.6 Å². The average molecular weight is 295 g/mol. The van der Waals surface area contributed by atoms with Gasteiger partial charge in [-0.1, -0.05) is 15.9 Å². The van der Waals surface area contributed by atoms with Crippen LogP contribution in [0.25, 0.3) is 0 Å². The van der Waals surface area contributed by atoms with Crippen molar-refractivity contribution in [3.63, 3.8) is 0 Å². The van der Waals surface area contributed by atoms with Crippen molar-refractivity contribution in [2.75, 3.05) is 7.05 Å². The quantitative estimate of drug-likeness (QED) is 0.671. The maximum Gasteiger partial charge on any atom is 0.271 e. The third kappa shape index (κ3) is 2.74. The summed E-state index contributed by atoms with van der Waals surface area (Å²) in [5.41, 5.74) is -0.279. The van der Waals surface area contributed by atoms with Crippen LogP contribution in [0.4, 0.5) is 5.69 Å². The number of sulfonamides is 1.